The summed E-state index contributed by atoms with van der Waals surface area (Å²) in [5.41, 5.74) is 2.52. The number of aromatic nitrogens is 3. The van der Waals surface area contributed by atoms with Crippen LogP contribution < -0.4 is 15.0 Å². The number of ether oxygens (including phenoxy) is 1. The number of benzene rings is 1. The van der Waals surface area contributed by atoms with E-state index in [9.17, 15) is 8.78 Å². The van der Waals surface area contributed by atoms with Crippen molar-refractivity contribution in [3.05, 3.63) is 63.5 Å². The van der Waals surface area contributed by atoms with E-state index in [4.69, 9.17) is 4.74 Å². The van der Waals surface area contributed by atoms with E-state index in [1.54, 1.807) is 6.08 Å². The van der Waals surface area contributed by atoms with Gasteiger partial charge in [0.2, 0.25) is 5.88 Å². The molecule has 0 spiro atoms. The molecule has 0 radical (unpaired) electrons. The topological polar surface area (TPSA) is 66.4 Å². The van der Waals surface area contributed by atoms with E-state index in [0.29, 0.717) is 28.1 Å². The third-order valence-electron chi connectivity index (χ3n) is 6.00. The number of fused-ring (bicyclic) bond motifs is 1. The summed E-state index contributed by atoms with van der Waals surface area (Å²) in [4.78, 5) is 17.4. The summed E-state index contributed by atoms with van der Waals surface area (Å²) in [7, 11) is 2.12. The molecule has 1 aromatic carbocycles. The number of likely N-dealkylation sites (N-methyl/N-ethyl adjacent to an activating group) is 1. The van der Waals surface area contributed by atoms with Crippen LogP contribution in [-0.2, 0) is 6.42 Å². The van der Waals surface area contributed by atoms with Gasteiger partial charge in [0, 0.05) is 43.4 Å². The van der Waals surface area contributed by atoms with E-state index in [-0.39, 0.29) is 17.2 Å². The number of pyridine rings is 1. The number of anilines is 3. The summed E-state index contributed by atoms with van der Waals surface area (Å²) < 4.78 is 35.5. The van der Waals surface area contributed by atoms with Crippen LogP contribution in [0, 0.1) is 11.6 Å². The van der Waals surface area contributed by atoms with Crippen LogP contribution in [0.1, 0.15) is 18.1 Å². The summed E-state index contributed by atoms with van der Waals surface area (Å²) in [5, 5.41) is 3.12. The van der Waals surface area contributed by atoms with Crippen molar-refractivity contribution in [3.63, 3.8) is 0 Å². The van der Waals surface area contributed by atoms with Gasteiger partial charge in [-0.05, 0) is 48.5 Å². The van der Waals surface area contributed by atoms with Crippen molar-refractivity contribution < 1.29 is 13.5 Å². The Labute approximate surface area is 204 Å². The first-order valence-corrected chi connectivity index (χ1v) is 11.7. The molecule has 2 aromatic heterocycles. The first kappa shape index (κ1) is 22.7. The lowest BCUT2D eigenvalue weighted by molar-refractivity contribution is 0.313. The van der Waals surface area contributed by atoms with E-state index < -0.39 is 11.6 Å². The smallest absolute Gasteiger partial charge is 0.239 e. The Hall–Kier alpha value is -3.11. The Kier molecular flexibility index (Phi) is 6.18. The van der Waals surface area contributed by atoms with Crippen molar-refractivity contribution in [2.75, 3.05) is 43.4 Å². The highest BCUT2D eigenvalue weighted by Gasteiger charge is 2.24. The van der Waals surface area contributed by atoms with Gasteiger partial charge >= 0.3 is 0 Å². The molecule has 176 valence electrons. The van der Waals surface area contributed by atoms with E-state index in [0.717, 1.165) is 43.5 Å². The molecule has 34 heavy (non-hydrogen) atoms. The number of nitrogens with zero attached hydrogens (tertiary/aromatic N) is 5. The van der Waals surface area contributed by atoms with E-state index in [2.05, 4.69) is 53.0 Å². The van der Waals surface area contributed by atoms with Crippen molar-refractivity contribution in [2.45, 2.75) is 13.3 Å². The van der Waals surface area contributed by atoms with Gasteiger partial charge in [-0.3, -0.25) is 0 Å². The zero-order valence-electron chi connectivity index (χ0n) is 18.8. The molecule has 1 aliphatic heterocycles. The minimum Gasteiger partial charge on any atom is -0.434 e. The van der Waals surface area contributed by atoms with Crippen LogP contribution in [0.25, 0.3) is 6.08 Å². The highest BCUT2D eigenvalue weighted by atomic mass is 79.9. The molecule has 0 bridgehead atoms. The Morgan fingerprint density at radius 2 is 1.88 bits per heavy atom. The fraction of sp³-hybridized carbons (Fsp3) is 0.292. The third-order valence-corrected chi connectivity index (χ3v) is 6.71. The number of halogens is 3. The molecule has 1 saturated heterocycles. The molecule has 1 N–H and O–H groups in total. The first-order chi connectivity index (χ1) is 16.4. The molecule has 0 saturated carbocycles. The molecule has 5 rings (SSSR count). The summed E-state index contributed by atoms with van der Waals surface area (Å²) in [6.07, 6.45) is 5.13. The highest BCUT2D eigenvalue weighted by molar-refractivity contribution is 9.10. The monoisotopic (exact) mass is 528 g/mol. The van der Waals surface area contributed by atoms with Crippen LogP contribution in [0.4, 0.5) is 26.1 Å². The zero-order valence-corrected chi connectivity index (χ0v) is 20.4. The number of hydrogen-bond acceptors (Lipinski definition) is 7. The maximum absolute atomic E-state index is 15.0. The molecule has 10 heteroatoms. The average molecular weight is 529 g/mol. The van der Waals surface area contributed by atoms with Crippen molar-refractivity contribution in [3.8, 4) is 11.6 Å². The van der Waals surface area contributed by atoms with Crippen LogP contribution in [0.5, 0.6) is 11.6 Å². The predicted molar refractivity (Wildman–Crippen MR) is 131 cm³/mol. The number of piperazine rings is 1. The van der Waals surface area contributed by atoms with Gasteiger partial charge in [-0.25, -0.2) is 23.7 Å². The number of nitrogens with one attached hydrogen (secondary N) is 1. The quantitative estimate of drug-likeness (QED) is 0.490. The molecule has 7 nitrogen and oxygen atoms in total. The van der Waals surface area contributed by atoms with Crippen molar-refractivity contribution in [2.24, 2.45) is 0 Å². The van der Waals surface area contributed by atoms with Crippen LogP contribution in [0.2, 0.25) is 0 Å². The second-order valence-corrected chi connectivity index (χ2v) is 9.28. The summed E-state index contributed by atoms with van der Waals surface area (Å²) >= 11 is 3.41. The molecule has 1 aliphatic carbocycles. The fourth-order valence-corrected chi connectivity index (χ4v) is 4.47. The molecule has 3 heterocycles. The van der Waals surface area contributed by atoms with Crippen LogP contribution in [0.15, 0.2) is 40.8 Å². The molecule has 0 atom stereocenters. The lowest BCUT2D eigenvalue weighted by Crippen LogP contribution is -2.44. The van der Waals surface area contributed by atoms with Gasteiger partial charge < -0.3 is 19.9 Å². The van der Waals surface area contributed by atoms with Crippen molar-refractivity contribution >= 4 is 39.3 Å². The molecular weight excluding hydrogens is 506 g/mol. The van der Waals surface area contributed by atoms with Crippen LogP contribution in [-0.4, -0.2) is 53.1 Å². The maximum Gasteiger partial charge on any atom is 0.239 e. The highest BCUT2D eigenvalue weighted by Crippen LogP contribution is 2.38. The zero-order chi connectivity index (χ0) is 23.8. The standard InChI is InChI=1S/C24H23BrF2N6O/c1-14-9-16-17(10-14)22(27)19(11-18(16)26)34-24-21(25)23(29-13-30-24)31-20-4-3-15(12-28-20)33-7-5-32(2)6-8-33/h3-4,10-13H,5-9H2,1-2H3,(H,28,29,30,31). The van der Waals surface area contributed by atoms with Gasteiger partial charge in [0.25, 0.3) is 0 Å². The van der Waals surface area contributed by atoms with Crippen LogP contribution >= 0.6 is 15.9 Å². The van der Waals surface area contributed by atoms with Gasteiger partial charge in [0.05, 0.1) is 11.9 Å². The molecule has 1 fully saturated rings. The number of hydrogen-bond donors (Lipinski definition) is 1. The van der Waals surface area contributed by atoms with Crippen molar-refractivity contribution in [1.82, 2.24) is 19.9 Å². The van der Waals surface area contributed by atoms with E-state index in [1.807, 2.05) is 25.3 Å². The average Bonchev–Trinajstić information content (AvgIpc) is 3.23. The fourth-order valence-electron chi connectivity index (χ4n) is 4.09. The first-order valence-electron chi connectivity index (χ1n) is 10.9. The van der Waals surface area contributed by atoms with Gasteiger partial charge in [-0.2, -0.15) is 0 Å². The van der Waals surface area contributed by atoms with E-state index >= 15 is 0 Å². The second kappa shape index (κ2) is 9.27. The Bertz CT molecular complexity index is 1260. The molecular formula is C24H23BrF2N6O. The second-order valence-electron chi connectivity index (χ2n) is 8.49. The number of allylic oxidation sites excluding steroid dienone is 1. The summed E-state index contributed by atoms with van der Waals surface area (Å²) in [6, 6.07) is 4.93. The van der Waals surface area contributed by atoms with Gasteiger partial charge in [-0.1, -0.05) is 11.6 Å². The lowest BCUT2D eigenvalue weighted by atomic mass is 10.1. The van der Waals surface area contributed by atoms with Gasteiger partial charge in [-0.15, -0.1) is 0 Å². The van der Waals surface area contributed by atoms with Crippen molar-refractivity contribution in [1.29, 1.82) is 0 Å². The predicted octanol–water partition coefficient (Wildman–Crippen LogP) is 5.16. The normalized spacial score (nSPS) is 15.8. The molecule has 3 aromatic rings. The molecule has 0 unspecified atom stereocenters. The van der Waals surface area contributed by atoms with E-state index in [1.165, 1.54) is 6.33 Å². The Balaban J connectivity index is 1.34. The Morgan fingerprint density at radius 3 is 2.62 bits per heavy atom. The summed E-state index contributed by atoms with van der Waals surface area (Å²) in [6.45, 7) is 5.78. The maximum atomic E-state index is 15.0. The molecule has 0 amide bonds. The Morgan fingerprint density at radius 1 is 1.09 bits per heavy atom. The number of rotatable bonds is 5. The third kappa shape index (κ3) is 4.47. The minimum absolute atomic E-state index is 0.0588. The summed E-state index contributed by atoms with van der Waals surface area (Å²) in [5.74, 6) is -0.325. The minimum atomic E-state index is -0.616. The molecule has 2 aliphatic rings. The lowest BCUT2D eigenvalue weighted by Gasteiger charge is -2.33. The van der Waals surface area contributed by atoms with Gasteiger partial charge in [0.1, 0.15) is 22.4 Å². The largest absolute Gasteiger partial charge is 0.434 e. The van der Waals surface area contributed by atoms with Gasteiger partial charge in [0.15, 0.2) is 17.4 Å². The SMILES string of the molecule is CC1=Cc2c(F)c(Oc3ncnc(Nc4ccc(N5CCN(C)CC5)cn4)c3Br)cc(F)c2C1. The van der Waals surface area contributed by atoms with Crippen LogP contribution in [0.3, 0.4) is 0 Å².